The van der Waals surface area contributed by atoms with E-state index in [9.17, 15) is 22.8 Å². The average Bonchev–Trinajstić information content (AvgIpc) is 2.91. The number of anilines is 1. The standard InChI is InChI=1S/C12H6ClF3N4O2S/c13-7-1-6(4-20(11(7)22)5-12(14,15)16)19-10(21)8-3-18-9(2-17)23-8/h1,3-4H,5H2,(H,19,21). The molecule has 1 amide bonds. The molecule has 0 radical (unpaired) electrons. The second-order valence-corrected chi connectivity index (χ2v) is 5.66. The molecule has 120 valence electrons. The van der Waals surface area contributed by atoms with Crippen molar-refractivity contribution in [2.45, 2.75) is 12.7 Å². The number of nitrogens with zero attached hydrogens (tertiary/aromatic N) is 3. The Bertz CT molecular complexity index is 853. The van der Waals surface area contributed by atoms with Gasteiger partial charge in [0, 0.05) is 6.20 Å². The fourth-order valence-electron chi connectivity index (χ4n) is 1.60. The topological polar surface area (TPSA) is 87.8 Å². The van der Waals surface area contributed by atoms with Crippen LogP contribution < -0.4 is 10.9 Å². The fraction of sp³-hybridized carbons (Fsp3) is 0.167. The summed E-state index contributed by atoms with van der Waals surface area (Å²) in [4.78, 5) is 27.3. The molecule has 0 aromatic carbocycles. The zero-order valence-electron chi connectivity index (χ0n) is 11.0. The molecule has 2 rings (SSSR count). The predicted octanol–water partition coefficient (Wildman–Crippen LogP) is 2.64. The Morgan fingerprint density at radius 3 is 2.78 bits per heavy atom. The van der Waals surface area contributed by atoms with Gasteiger partial charge < -0.3 is 9.88 Å². The number of carbonyl (C=O) groups excluding carboxylic acids is 1. The Hall–Kier alpha value is -2.38. The summed E-state index contributed by atoms with van der Waals surface area (Å²) in [5.74, 6) is -0.683. The van der Waals surface area contributed by atoms with Crippen LogP contribution in [-0.4, -0.2) is 21.6 Å². The molecule has 0 aliphatic rings. The quantitative estimate of drug-likeness (QED) is 0.909. The summed E-state index contributed by atoms with van der Waals surface area (Å²) >= 11 is 6.42. The second kappa shape index (κ2) is 6.39. The Balaban J connectivity index is 2.28. The van der Waals surface area contributed by atoms with Gasteiger partial charge in [0.2, 0.25) is 0 Å². The number of amides is 1. The van der Waals surface area contributed by atoms with E-state index in [0.29, 0.717) is 4.57 Å². The Morgan fingerprint density at radius 1 is 1.52 bits per heavy atom. The van der Waals surface area contributed by atoms with E-state index in [1.54, 1.807) is 6.07 Å². The molecule has 0 saturated carbocycles. The molecule has 0 aliphatic carbocycles. The third kappa shape index (κ3) is 4.30. The number of pyridine rings is 1. The lowest BCUT2D eigenvalue weighted by Crippen LogP contribution is -2.28. The van der Waals surface area contributed by atoms with Crippen molar-refractivity contribution in [3.63, 3.8) is 0 Å². The summed E-state index contributed by atoms with van der Waals surface area (Å²) in [6.07, 6.45) is -2.62. The van der Waals surface area contributed by atoms with E-state index in [0.717, 1.165) is 29.8 Å². The van der Waals surface area contributed by atoms with E-state index in [2.05, 4.69) is 10.3 Å². The van der Waals surface area contributed by atoms with Gasteiger partial charge in [-0.05, 0) is 6.07 Å². The van der Waals surface area contributed by atoms with Crippen LogP contribution in [0.2, 0.25) is 5.02 Å². The summed E-state index contributed by atoms with van der Waals surface area (Å²) in [7, 11) is 0. The van der Waals surface area contributed by atoms with Crippen LogP contribution in [-0.2, 0) is 6.54 Å². The largest absolute Gasteiger partial charge is 0.406 e. The van der Waals surface area contributed by atoms with Gasteiger partial charge >= 0.3 is 6.18 Å². The molecule has 2 aromatic rings. The van der Waals surface area contributed by atoms with E-state index in [1.165, 1.54) is 0 Å². The molecule has 0 bridgehead atoms. The summed E-state index contributed by atoms with van der Waals surface area (Å²) in [6, 6.07) is 2.80. The van der Waals surface area contributed by atoms with E-state index in [-0.39, 0.29) is 15.6 Å². The lowest BCUT2D eigenvalue weighted by Gasteiger charge is -2.12. The maximum Gasteiger partial charge on any atom is 0.406 e. The monoisotopic (exact) mass is 362 g/mol. The minimum atomic E-state index is -4.62. The number of thiazole rings is 1. The van der Waals surface area contributed by atoms with Crippen molar-refractivity contribution >= 4 is 34.5 Å². The van der Waals surface area contributed by atoms with E-state index in [1.807, 2.05) is 0 Å². The number of nitrogens with one attached hydrogen (secondary N) is 1. The molecule has 0 aliphatic heterocycles. The van der Waals surface area contributed by atoms with Crippen LogP contribution in [0.15, 0.2) is 23.3 Å². The van der Waals surface area contributed by atoms with Gasteiger partial charge in [-0.2, -0.15) is 18.4 Å². The lowest BCUT2D eigenvalue weighted by atomic mass is 10.3. The van der Waals surface area contributed by atoms with E-state index >= 15 is 0 Å². The van der Waals surface area contributed by atoms with Crippen LogP contribution in [0, 0.1) is 11.3 Å². The normalized spacial score (nSPS) is 11.1. The maximum atomic E-state index is 12.4. The molecule has 2 aromatic heterocycles. The van der Waals surface area contributed by atoms with Crippen molar-refractivity contribution < 1.29 is 18.0 Å². The molecule has 11 heteroatoms. The van der Waals surface area contributed by atoms with E-state index in [4.69, 9.17) is 16.9 Å². The number of halogens is 4. The van der Waals surface area contributed by atoms with Gasteiger partial charge in [-0.25, -0.2) is 4.98 Å². The van der Waals surface area contributed by atoms with Gasteiger partial charge in [0.05, 0.1) is 11.9 Å². The predicted molar refractivity (Wildman–Crippen MR) is 76.5 cm³/mol. The SMILES string of the molecule is N#Cc1ncc(C(=O)Nc2cc(Cl)c(=O)n(CC(F)(F)F)c2)s1. The van der Waals surface area contributed by atoms with Crippen molar-refractivity contribution in [3.05, 3.63) is 43.7 Å². The van der Waals surface area contributed by atoms with Crippen molar-refractivity contribution in [2.75, 3.05) is 5.32 Å². The highest BCUT2D eigenvalue weighted by atomic mass is 35.5. The molecule has 2 heterocycles. The van der Waals surface area contributed by atoms with Crippen LogP contribution in [0.5, 0.6) is 0 Å². The van der Waals surface area contributed by atoms with Crippen LogP contribution >= 0.6 is 22.9 Å². The van der Waals surface area contributed by atoms with Crippen LogP contribution in [0.3, 0.4) is 0 Å². The molecular weight excluding hydrogens is 357 g/mol. The molecule has 6 nitrogen and oxygen atoms in total. The van der Waals surface area contributed by atoms with Gasteiger partial charge in [-0.15, -0.1) is 0 Å². The van der Waals surface area contributed by atoms with Crippen molar-refractivity contribution in [1.82, 2.24) is 9.55 Å². The number of carbonyl (C=O) groups is 1. The lowest BCUT2D eigenvalue weighted by molar-refractivity contribution is -0.141. The van der Waals surface area contributed by atoms with E-state index < -0.39 is 29.2 Å². The molecule has 1 N–H and O–H groups in total. The molecular formula is C12H6ClF3N4O2S. The highest BCUT2D eigenvalue weighted by Gasteiger charge is 2.29. The second-order valence-electron chi connectivity index (χ2n) is 4.22. The molecule has 0 spiro atoms. The maximum absolute atomic E-state index is 12.4. The number of aromatic nitrogens is 2. The Morgan fingerprint density at radius 2 is 2.22 bits per heavy atom. The number of rotatable bonds is 3. The fourth-order valence-corrected chi connectivity index (χ4v) is 2.44. The number of hydrogen-bond acceptors (Lipinski definition) is 5. The van der Waals surface area contributed by atoms with Crippen LogP contribution in [0.4, 0.5) is 18.9 Å². The van der Waals surface area contributed by atoms with Gasteiger partial charge in [0.25, 0.3) is 11.5 Å². The number of hydrogen-bond donors (Lipinski definition) is 1. The summed E-state index contributed by atoms with van der Waals surface area (Å²) < 4.78 is 37.6. The average molecular weight is 363 g/mol. The Kier molecular flexibility index (Phi) is 4.72. The summed E-state index contributed by atoms with van der Waals surface area (Å²) in [6.45, 7) is -1.53. The minimum Gasteiger partial charge on any atom is -0.320 e. The molecule has 0 saturated heterocycles. The van der Waals surface area contributed by atoms with Crippen molar-refractivity contribution in [1.29, 1.82) is 5.26 Å². The highest BCUT2D eigenvalue weighted by molar-refractivity contribution is 7.14. The van der Waals surface area contributed by atoms with Crippen LogP contribution in [0.25, 0.3) is 0 Å². The highest BCUT2D eigenvalue weighted by Crippen LogP contribution is 2.20. The smallest absolute Gasteiger partial charge is 0.320 e. The first-order chi connectivity index (χ1) is 10.7. The minimum absolute atomic E-state index is 0.0650. The third-order valence-electron chi connectivity index (χ3n) is 2.47. The third-order valence-corrected chi connectivity index (χ3v) is 3.65. The summed E-state index contributed by atoms with van der Waals surface area (Å²) in [5, 5.41) is 10.5. The first-order valence-electron chi connectivity index (χ1n) is 5.83. The molecule has 0 atom stereocenters. The van der Waals surface area contributed by atoms with Crippen LogP contribution in [0.1, 0.15) is 14.7 Å². The molecule has 0 unspecified atom stereocenters. The number of nitriles is 1. The van der Waals surface area contributed by atoms with Gasteiger partial charge in [0.15, 0.2) is 5.01 Å². The van der Waals surface area contributed by atoms with Crippen molar-refractivity contribution in [3.8, 4) is 6.07 Å². The summed E-state index contributed by atoms with van der Waals surface area (Å²) in [5.41, 5.74) is -1.11. The van der Waals surface area contributed by atoms with Gasteiger partial charge in [0.1, 0.15) is 22.5 Å². The van der Waals surface area contributed by atoms with Gasteiger partial charge in [-0.3, -0.25) is 9.59 Å². The van der Waals surface area contributed by atoms with Gasteiger partial charge in [-0.1, -0.05) is 22.9 Å². The molecule has 0 fully saturated rings. The first kappa shape index (κ1) is 17.0. The zero-order chi connectivity index (χ0) is 17.2. The Labute approximate surface area is 135 Å². The number of alkyl halides is 3. The first-order valence-corrected chi connectivity index (χ1v) is 7.03. The molecule has 23 heavy (non-hydrogen) atoms. The zero-order valence-corrected chi connectivity index (χ0v) is 12.6. The van der Waals surface area contributed by atoms with Crippen molar-refractivity contribution in [2.24, 2.45) is 0 Å².